The molecule has 0 saturated carbocycles. The Bertz CT molecular complexity index is 827. The third-order valence-corrected chi connectivity index (χ3v) is 4.04. The number of anilines is 1. The van der Waals surface area contributed by atoms with E-state index in [9.17, 15) is 0 Å². The van der Waals surface area contributed by atoms with Gasteiger partial charge in [0.1, 0.15) is 0 Å². The molecule has 0 spiro atoms. The van der Waals surface area contributed by atoms with Crippen molar-refractivity contribution in [2.24, 2.45) is 0 Å². The molecule has 0 bridgehead atoms. The van der Waals surface area contributed by atoms with E-state index >= 15 is 0 Å². The van der Waals surface area contributed by atoms with Gasteiger partial charge in [-0.2, -0.15) is 5.26 Å². The Labute approximate surface area is 125 Å². The van der Waals surface area contributed by atoms with Crippen molar-refractivity contribution in [3.63, 3.8) is 0 Å². The molecule has 1 aromatic heterocycles. The van der Waals surface area contributed by atoms with Crippen molar-refractivity contribution in [1.82, 2.24) is 4.57 Å². The summed E-state index contributed by atoms with van der Waals surface area (Å²) in [6.45, 7) is 0.757. The van der Waals surface area contributed by atoms with E-state index in [-0.39, 0.29) is 0 Å². The summed E-state index contributed by atoms with van der Waals surface area (Å²) in [5.74, 6) is 0. The van der Waals surface area contributed by atoms with Gasteiger partial charge in [-0.3, -0.25) is 0 Å². The molecule has 3 nitrogen and oxygen atoms in total. The van der Waals surface area contributed by atoms with Gasteiger partial charge in [-0.25, -0.2) is 0 Å². The first-order valence-electron chi connectivity index (χ1n) is 6.20. The SMILES string of the molecule is N#Cc1ccc2c(ccn2Cc2ccc(Br)c(N)c2)c1. The number of nitriles is 1. The summed E-state index contributed by atoms with van der Waals surface area (Å²) in [4.78, 5) is 0. The number of rotatable bonds is 2. The summed E-state index contributed by atoms with van der Waals surface area (Å²) in [6, 6.07) is 15.9. The van der Waals surface area contributed by atoms with E-state index in [1.165, 1.54) is 0 Å². The summed E-state index contributed by atoms with van der Waals surface area (Å²) in [7, 11) is 0. The van der Waals surface area contributed by atoms with Crippen molar-refractivity contribution in [2.75, 3.05) is 5.73 Å². The molecule has 4 heteroatoms. The first kappa shape index (κ1) is 12.8. The second-order valence-corrected chi connectivity index (χ2v) is 5.54. The molecule has 3 aromatic rings. The zero-order valence-electron chi connectivity index (χ0n) is 10.7. The average molecular weight is 326 g/mol. The van der Waals surface area contributed by atoms with Gasteiger partial charge >= 0.3 is 0 Å². The summed E-state index contributed by atoms with van der Waals surface area (Å²) in [6.07, 6.45) is 2.03. The van der Waals surface area contributed by atoms with Crippen molar-refractivity contribution in [1.29, 1.82) is 5.26 Å². The number of nitrogens with zero attached hydrogens (tertiary/aromatic N) is 2. The molecule has 3 rings (SSSR count). The molecule has 0 aliphatic heterocycles. The van der Waals surface area contributed by atoms with Crippen LogP contribution >= 0.6 is 15.9 Å². The predicted molar refractivity (Wildman–Crippen MR) is 84.3 cm³/mol. The van der Waals surface area contributed by atoms with Crippen LogP contribution in [0.5, 0.6) is 0 Å². The number of fused-ring (bicyclic) bond motifs is 1. The van der Waals surface area contributed by atoms with Gasteiger partial charge in [0.2, 0.25) is 0 Å². The fourth-order valence-corrected chi connectivity index (χ4v) is 2.54. The van der Waals surface area contributed by atoms with Gasteiger partial charge in [-0.15, -0.1) is 0 Å². The molecule has 2 aromatic carbocycles. The van der Waals surface area contributed by atoms with Crippen molar-refractivity contribution in [3.8, 4) is 6.07 Å². The lowest BCUT2D eigenvalue weighted by atomic mass is 10.1. The lowest BCUT2D eigenvalue weighted by Crippen LogP contribution is -1.99. The van der Waals surface area contributed by atoms with Crippen LogP contribution in [-0.2, 0) is 6.54 Å². The normalized spacial score (nSPS) is 10.6. The number of hydrogen-bond acceptors (Lipinski definition) is 2. The Kier molecular flexibility index (Phi) is 3.21. The molecule has 0 saturated heterocycles. The summed E-state index contributed by atoms with van der Waals surface area (Å²) in [5.41, 5.74) is 9.59. The quantitative estimate of drug-likeness (QED) is 0.726. The Balaban J connectivity index is 1.98. The second kappa shape index (κ2) is 5.03. The third-order valence-electron chi connectivity index (χ3n) is 3.31. The molecule has 0 atom stereocenters. The van der Waals surface area contributed by atoms with Crippen LogP contribution in [0.3, 0.4) is 0 Å². The largest absolute Gasteiger partial charge is 0.398 e. The van der Waals surface area contributed by atoms with E-state index in [2.05, 4.69) is 32.6 Å². The van der Waals surface area contributed by atoms with Gasteiger partial charge in [0.15, 0.2) is 0 Å². The maximum atomic E-state index is 8.92. The van der Waals surface area contributed by atoms with Crippen LogP contribution in [0, 0.1) is 11.3 Å². The third kappa shape index (κ3) is 2.28. The highest BCUT2D eigenvalue weighted by Crippen LogP contribution is 2.23. The first-order chi connectivity index (χ1) is 9.67. The van der Waals surface area contributed by atoms with Gasteiger partial charge < -0.3 is 10.3 Å². The molecule has 98 valence electrons. The van der Waals surface area contributed by atoms with Gasteiger partial charge in [0.25, 0.3) is 0 Å². The highest BCUT2D eigenvalue weighted by Gasteiger charge is 2.04. The summed E-state index contributed by atoms with van der Waals surface area (Å²) in [5, 5.41) is 10.00. The molecule has 20 heavy (non-hydrogen) atoms. The van der Waals surface area contributed by atoms with Crippen molar-refractivity contribution < 1.29 is 0 Å². The van der Waals surface area contributed by atoms with E-state index in [0.29, 0.717) is 5.56 Å². The Morgan fingerprint density at radius 1 is 1.15 bits per heavy atom. The monoisotopic (exact) mass is 325 g/mol. The van der Waals surface area contributed by atoms with Crippen LogP contribution in [0.25, 0.3) is 10.9 Å². The molecule has 0 radical (unpaired) electrons. The van der Waals surface area contributed by atoms with Gasteiger partial charge in [-0.1, -0.05) is 6.07 Å². The molecule has 1 heterocycles. The molecule has 0 aliphatic rings. The van der Waals surface area contributed by atoms with Gasteiger partial charge in [0.05, 0.1) is 11.6 Å². The number of nitrogens with two attached hydrogens (primary N) is 1. The van der Waals surface area contributed by atoms with Crippen LogP contribution in [0.15, 0.2) is 53.1 Å². The van der Waals surface area contributed by atoms with E-state index in [1.54, 1.807) is 0 Å². The molecule has 0 aliphatic carbocycles. The van der Waals surface area contributed by atoms with Crippen LogP contribution in [0.2, 0.25) is 0 Å². The average Bonchev–Trinajstić information content (AvgIpc) is 2.85. The van der Waals surface area contributed by atoms with E-state index in [1.807, 2.05) is 42.6 Å². The minimum absolute atomic E-state index is 0.683. The predicted octanol–water partition coefficient (Wildman–Crippen LogP) is 3.91. The van der Waals surface area contributed by atoms with Crippen molar-refractivity contribution in [2.45, 2.75) is 6.54 Å². The van der Waals surface area contributed by atoms with Gasteiger partial charge in [-0.05, 0) is 57.9 Å². The van der Waals surface area contributed by atoms with Gasteiger partial charge in [0, 0.05) is 33.8 Å². The Morgan fingerprint density at radius 2 is 2.00 bits per heavy atom. The summed E-state index contributed by atoms with van der Waals surface area (Å²) < 4.78 is 3.07. The number of nitrogen functional groups attached to an aromatic ring is 1. The smallest absolute Gasteiger partial charge is 0.0991 e. The molecule has 0 unspecified atom stereocenters. The lowest BCUT2D eigenvalue weighted by Gasteiger charge is -2.07. The number of hydrogen-bond donors (Lipinski definition) is 1. The number of halogens is 1. The molecule has 2 N–H and O–H groups in total. The Morgan fingerprint density at radius 3 is 2.75 bits per heavy atom. The fraction of sp³-hybridized carbons (Fsp3) is 0.0625. The topological polar surface area (TPSA) is 54.7 Å². The summed E-state index contributed by atoms with van der Waals surface area (Å²) >= 11 is 3.40. The minimum Gasteiger partial charge on any atom is -0.398 e. The van der Waals surface area contributed by atoms with Crippen molar-refractivity contribution in [3.05, 3.63) is 64.3 Å². The molecular formula is C16H12BrN3. The van der Waals surface area contributed by atoms with E-state index in [0.717, 1.165) is 33.2 Å². The second-order valence-electron chi connectivity index (χ2n) is 4.68. The lowest BCUT2D eigenvalue weighted by molar-refractivity contribution is 0.837. The molecular weight excluding hydrogens is 314 g/mol. The maximum Gasteiger partial charge on any atom is 0.0991 e. The van der Waals surface area contributed by atoms with Crippen LogP contribution < -0.4 is 5.73 Å². The zero-order chi connectivity index (χ0) is 14.1. The van der Waals surface area contributed by atoms with E-state index < -0.39 is 0 Å². The fourth-order valence-electron chi connectivity index (χ4n) is 2.30. The standard InChI is InChI=1S/C16H12BrN3/c17-14-3-1-12(8-15(14)19)10-20-6-5-13-7-11(9-18)2-4-16(13)20/h1-8H,10,19H2. The van der Waals surface area contributed by atoms with Crippen LogP contribution in [0.4, 0.5) is 5.69 Å². The number of benzene rings is 2. The van der Waals surface area contributed by atoms with Crippen LogP contribution in [0.1, 0.15) is 11.1 Å². The van der Waals surface area contributed by atoms with E-state index in [4.69, 9.17) is 11.0 Å². The van der Waals surface area contributed by atoms with Crippen LogP contribution in [-0.4, -0.2) is 4.57 Å². The minimum atomic E-state index is 0.683. The Hall–Kier alpha value is -2.25. The first-order valence-corrected chi connectivity index (χ1v) is 6.99. The maximum absolute atomic E-state index is 8.92. The highest BCUT2D eigenvalue weighted by molar-refractivity contribution is 9.10. The van der Waals surface area contributed by atoms with Crippen molar-refractivity contribution >= 4 is 32.5 Å². The number of aromatic nitrogens is 1. The zero-order valence-corrected chi connectivity index (χ0v) is 12.3. The molecule has 0 amide bonds. The highest BCUT2D eigenvalue weighted by atomic mass is 79.9. The molecule has 0 fully saturated rings.